The summed E-state index contributed by atoms with van der Waals surface area (Å²) in [6.45, 7) is 0.980. The minimum absolute atomic E-state index is 0.113. The molecule has 118 valence electrons. The summed E-state index contributed by atoms with van der Waals surface area (Å²) in [5.74, 6) is 0.606. The van der Waals surface area contributed by atoms with Crippen LogP contribution in [0.1, 0.15) is 30.4 Å². The van der Waals surface area contributed by atoms with Crippen LogP contribution in [0.5, 0.6) is 17.2 Å². The van der Waals surface area contributed by atoms with Gasteiger partial charge in [-0.3, -0.25) is 0 Å². The first kappa shape index (κ1) is 13.0. The Balaban J connectivity index is 1.82. The standard InChI is InChI=1S/C17H21NO4/c1-18-5-4-17-9-2-3-11(19)16(17)22-15-13(17)8(6-10(9)18)7-12(20)14(15)21/h7,9-11,16,19-21H,2-6H2,1H3/t9-,10+,11-,16-,17-/m0/s1. The normalized spacial score (nSPS) is 41.9. The Kier molecular flexibility index (Phi) is 2.30. The average Bonchev–Trinajstić information content (AvgIpc) is 2.84. The van der Waals surface area contributed by atoms with Crippen molar-refractivity contribution in [3.05, 3.63) is 17.2 Å². The third kappa shape index (κ3) is 1.25. The Morgan fingerprint density at radius 2 is 2.14 bits per heavy atom. The van der Waals surface area contributed by atoms with Crippen LogP contribution in [0.4, 0.5) is 0 Å². The fourth-order valence-electron chi connectivity index (χ4n) is 5.77. The highest BCUT2D eigenvalue weighted by Crippen LogP contribution is 2.64. The Labute approximate surface area is 129 Å². The van der Waals surface area contributed by atoms with Gasteiger partial charge in [-0.2, -0.15) is 0 Å². The summed E-state index contributed by atoms with van der Waals surface area (Å²) in [5, 5.41) is 30.8. The highest BCUT2D eigenvalue weighted by Gasteiger charge is 2.65. The maximum Gasteiger partial charge on any atom is 0.200 e. The summed E-state index contributed by atoms with van der Waals surface area (Å²) in [5.41, 5.74) is 1.96. The molecule has 1 aromatic rings. The molecule has 1 saturated heterocycles. The van der Waals surface area contributed by atoms with Crippen molar-refractivity contribution in [2.45, 2.75) is 49.3 Å². The molecule has 2 heterocycles. The molecular formula is C17H21NO4. The number of phenols is 2. The topological polar surface area (TPSA) is 73.2 Å². The quantitative estimate of drug-likeness (QED) is 0.627. The van der Waals surface area contributed by atoms with Gasteiger partial charge in [0.15, 0.2) is 11.5 Å². The summed E-state index contributed by atoms with van der Waals surface area (Å²) in [4.78, 5) is 2.41. The lowest BCUT2D eigenvalue weighted by molar-refractivity contribution is -0.0993. The van der Waals surface area contributed by atoms with Gasteiger partial charge in [0.1, 0.15) is 6.10 Å². The maximum atomic E-state index is 10.5. The molecule has 2 aliphatic heterocycles. The average molecular weight is 303 g/mol. The number of likely N-dealkylation sites (tertiary alicyclic amines) is 1. The molecule has 2 aliphatic carbocycles. The minimum Gasteiger partial charge on any atom is -0.504 e. The van der Waals surface area contributed by atoms with Crippen LogP contribution in [0, 0.1) is 5.92 Å². The first-order valence-electron chi connectivity index (χ1n) is 8.17. The van der Waals surface area contributed by atoms with Crippen LogP contribution in [0.15, 0.2) is 6.07 Å². The largest absolute Gasteiger partial charge is 0.504 e. The van der Waals surface area contributed by atoms with Crippen molar-refractivity contribution < 1.29 is 20.1 Å². The zero-order valence-electron chi connectivity index (χ0n) is 12.6. The van der Waals surface area contributed by atoms with E-state index in [1.54, 1.807) is 6.07 Å². The molecule has 1 spiro atoms. The number of aliphatic hydroxyl groups is 1. The van der Waals surface area contributed by atoms with Crippen LogP contribution in [0.2, 0.25) is 0 Å². The van der Waals surface area contributed by atoms with E-state index in [9.17, 15) is 15.3 Å². The number of hydrogen-bond donors (Lipinski definition) is 3. The predicted octanol–water partition coefficient (Wildman–Crippen LogP) is 1.13. The summed E-state index contributed by atoms with van der Waals surface area (Å²) in [6.07, 6.45) is 2.78. The van der Waals surface area contributed by atoms with E-state index in [1.807, 2.05) is 0 Å². The molecule has 2 fully saturated rings. The second-order valence-electron chi connectivity index (χ2n) is 7.44. The van der Waals surface area contributed by atoms with Crippen molar-refractivity contribution in [1.29, 1.82) is 0 Å². The highest BCUT2D eigenvalue weighted by molar-refractivity contribution is 5.65. The Hall–Kier alpha value is -1.46. The first-order valence-corrected chi connectivity index (χ1v) is 8.17. The van der Waals surface area contributed by atoms with E-state index in [4.69, 9.17) is 4.74 Å². The summed E-state index contributed by atoms with van der Waals surface area (Å²) in [7, 11) is 2.17. The molecule has 4 aliphatic rings. The van der Waals surface area contributed by atoms with E-state index in [0.717, 1.165) is 43.4 Å². The summed E-state index contributed by atoms with van der Waals surface area (Å²) in [6, 6.07) is 2.13. The number of piperidine rings is 1. The van der Waals surface area contributed by atoms with Crippen molar-refractivity contribution in [2.75, 3.05) is 13.6 Å². The van der Waals surface area contributed by atoms with Gasteiger partial charge in [-0.05, 0) is 56.8 Å². The third-order valence-corrected chi connectivity index (χ3v) is 6.66. The fraction of sp³-hybridized carbons (Fsp3) is 0.647. The molecule has 3 N–H and O–H groups in total. The fourth-order valence-corrected chi connectivity index (χ4v) is 5.77. The van der Waals surface area contributed by atoms with Crippen LogP contribution >= 0.6 is 0 Å². The van der Waals surface area contributed by atoms with Gasteiger partial charge in [-0.1, -0.05) is 0 Å². The van der Waals surface area contributed by atoms with Crippen LogP contribution in [-0.2, 0) is 11.8 Å². The van der Waals surface area contributed by atoms with Crippen LogP contribution < -0.4 is 4.74 Å². The number of aromatic hydroxyl groups is 2. The lowest BCUT2D eigenvalue weighted by Gasteiger charge is -2.58. The van der Waals surface area contributed by atoms with E-state index in [0.29, 0.717) is 17.7 Å². The van der Waals surface area contributed by atoms with Crippen LogP contribution in [0.25, 0.3) is 0 Å². The molecule has 1 saturated carbocycles. The van der Waals surface area contributed by atoms with E-state index < -0.39 is 6.10 Å². The summed E-state index contributed by atoms with van der Waals surface area (Å²) < 4.78 is 6.06. The lowest BCUT2D eigenvalue weighted by atomic mass is 9.51. The predicted molar refractivity (Wildman–Crippen MR) is 79.3 cm³/mol. The lowest BCUT2D eigenvalue weighted by Crippen LogP contribution is -2.66. The van der Waals surface area contributed by atoms with E-state index in [2.05, 4.69) is 11.9 Å². The molecule has 0 unspecified atom stereocenters. The first-order chi connectivity index (χ1) is 10.5. The molecule has 5 heteroatoms. The van der Waals surface area contributed by atoms with Crippen molar-refractivity contribution in [3.8, 4) is 17.2 Å². The number of rotatable bonds is 0. The van der Waals surface area contributed by atoms with Gasteiger partial charge in [-0.15, -0.1) is 0 Å². The molecule has 0 aromatic heterocycles. The van der Waals surface area contributed by atoms with Gasteiger partial charge in [0.2, 0.25) is 5.75 Å². The number of benzene rings is 1. The monoisotopic (exact) mass is 303 g/mol. The van der Waals surface area contributed by atoms with Crippen LogP contribution in [-0.4, -0.2) is 52.1 Å². The van der Waals surface area contributed by atoms with Crippen molar-refractivity contribution in [1.82, 2.24) is 4.90 Å². The third-order valence-electron chi connectivity index (χ3n) is 6.66. The van der Waals surface area contributed by atoms with Crippen molar-refractivity contribution >= 4 is 0 Å². The molecule has 2 bridgehead atoms. The minimum atomic E-state index is -0.500. The van der Waals surface area contributed by atoms with Crippen LogP contribution in [0.3, 0.4) is 0 Å². The van der Waals surface area contributed by atoms with Gasteiger partial charge in [0.25, 0.3) is 0 Å². The van der Waals surface area contributed by atoms with Gasteiger partial charge in [0.05, 0.1) is 6.10 Å². The van der Waals surface area contributed by atoms with E-state index in [1.165, 1.54) is 0 Å². The smallest absolute Gasteiger partial charge is 0.200 e. The molecule has 22 heavy (non-hydrogen) atoms. The molecule has 0 amide bonds. The van der Waals surface area contributed by atoms with Gasteiger partial charge in [-0.25, -0.2) is 0 Å². The molecular weight excluding hydrogens is 282 g/mol. The summed E-state index contributed by atoms with van der Waals surface area (Å²) >= 11 is 0. The van der Waals surface area contributed by atoms with Gasteiger partial charge >= 0.3 is 0 Å². The number of likely N-dealkylation sites (N-methyl/N-ethyl adjacent to an activating group) is 1. The highest BCUT2D eigenvalue weighted by atomic mass is 16.5. The second-order valence-corrected chi connectivity index (χ2v) is 7.44. The van der Waals surface area contributed by atoms with Gasteiger partial charge < -0.3 is 25.0 Å². The molecule has 5 nitrogen and oxygen atoms in total. The number of nitrogens with zero attached hydrogens (tertiary/aromatic N) is 1. The second kappa shape index (κ2) is 3.89. The Morgan fingerprint density at radius 3 is 2.95 bits per heavy atom. The van der Waals surface area contributed by atoms with Gasteiger partial charge in [0, 0.05) is 17.0 Å². The van der Waals surface area contributed by atoms with E-state index in [-0.39, 0.29) is 23.0 Å². The number of phenolic OH excluding ortho intramolecular Hbond substituents is 2. The molecule has 1 aromatic carbocycles. The number of hydrogen-bond acceptors (Lipinski definition) is 5. The Bertz CT molecular complexity index is 675. The number of ether oxygens (including phenoxy) is 1. The van der Waals surface area contributed by atoms with Crippen molar-refractivity contribution in [3.63, 3.8) is 0 Å². The number of aliphatic hydroxyl groups excluding tert-OH is 1. The Morgan fingerprint density at radius 1 is 1.32 bits per heavy atom. The van der Waals surface area contributed by atoms with Crippen molar-refractivity contribution in [2.24, 2.45) is 5.92 Å². The molecule has 0 radical (unpaired) electrons. The zero-order chi connectivity index (χ0) is 15.2. The molecule has 5 atom stereocenters. The maximum absolute atomic E-state index is 10.5. The molecule has 5 rings (SSSR count). The zero-order valence-corrected chi connectivity index (χ0v) is 12.6. The SMILES string of the molecule is CN1CC[C@]23c4c5cc(O)c(O)c4O[C@H]2[C@@H](O)CC[C@H]3[C@H]1C5. The van der Waals surface area contributed by atoms with E-state index >= 15 is 0 Å².